The summed E-state index contributed by atoms with van der Waals surface area (Å²) in [6, 6.07) is 4.74. The standard InChI is InChI=1S/C12H11NO4S/c1-16-10-4-2-3-9(12(14)15)11(10)17-5-8-6-18-7-13-8/h2-4,6-7H,5H2,1H3,(H,14,15). The Kier molecular flexibility index (Phi) is 3.78. The highest BCUT2D eigenvalue weighted by Gasteiger charge is 2.16. The van der Waals surface area contributed by atoms with Gasteiger partial charge in [-0.2, -0.15) is 0 Å². The summed E-state index contributed by atoms with van der Waals surface area (Å²) in [5.41, 5.74) is 2.52. The number of aromatic carboxylic acids is 1. The number of hydrogen-bond acceptors (Lipinski definition) is 5. The average molecular weight is 265 g/mol. The minimum Gasteiger partial charge on any atom is -0.493 e. The van der Waals surface area contributed by atoms with Gasteiger partial charge in [0.1, 0.15) is 12.2 Å². The van der Waals surface area contributed by atoms with Gasteiger partial charge in [-0.15, -0.1) is 11.3 Å². The number of methoxy groups -OCH3 is 1. The number of carboxylic acids is 1. The van der Waals surface area contributed by atoms with E-state index < -0.39 is 5.97 Å². The number of thiazole rings is 1. The molecule has 1 N–H and O–H groups in total. The second-order valence-electron chi connectivity index (χ2n) is 3.41. The van der Waals surface area contributed by atoms with E-state index in [9.17, 15) is 4.79 Å². The van der Waals surface area contributed by atoms with Crippen molar-refractivity contribution >= 4 is 17.3 Å². The molecule has 2 aromatic rings. The summed E-state index contributed by atoms with van der Waals surface area (Å²) in [6.45, 7) is 0.212. The lowest BCUT2D eigenvalue weighted by Crippen LogP contribution is -2.05. The van der Waals surface area contributed by atoms with Crippen LogP contribution in [0.2, 0.25) is 0 Å². The highest BCUT2D eigenvalue weighted by molar-refractivity contribution is 7.07. The molecule has 1 aromatic carbocycles. The predicted molar refractivity (Wildman–Crippen MR) is 66.4 cm³/mol. The molecule has 0 aliphatic heterocycles. The Morgan fingerprint density at radius 2 is 2.33 bits per heavy atom. The molecule has 0 spiro atoms. The Balaban J connectivity index is 2.26. The van der Waals surface area contributed by atoms with Crippen LogP contribution in [0.4, 0.5) is 0 Å². The van der Waals surface area contributed by atoms with Gasteiger partial charge in [0.25, 0.3) is 0 Å². The number of aromatic nitrogens is 1. The smallest absolute Gasteiger partial charge is 0.339 e. The third kappa shape index (κ3) is 2.60. The van der Waals surface area contributed by atoms with Gasteiger partial charge in [0.15, 0.2) is 11.5 Å². The molecule has 0 unspecified atom stereocenters. The van der Waals surface area contributed by atoms with Crippen LogP contribution in [0.5, 0.6) is 11.5 Å². The summed E-state index contributed by atoms with van der Waals surface area (Å²) in [5.74, 6) is -0.437. The second-order valence-corrected chi connectivity index (χ2v) is 4.13. The molecule has 18 heavy (non-hydrogen) atoms. The summed E-state index contributed by atoms with van der Waals surface area (Å²) < 4.78 is 10.6. The number of hydrogen-bond donors (Lipinski definition) is 1. The molecular weight excluding hydrogens is 254 g/mol. The molecule has 0 saturated carbocycles. The summed E-state index contributed by atoms with van der Waals surface area (Å²) in [6.07, 6.45) is 0. The normalized spacial score (nSPS) is 10.1. The van der Waals surface area contributed by atoms with Gasteiger partial charge in [-0.3, -0.25) is 0 Å². The van der Waals surface area contributed by atoms with E-state index in [2.05, 4.69) is 4.98 Å². The number of nitrogens with zero attached hydrogens (tertiary/aromatic N) is 1. The van der Waals surface area contributed by atoms with Gasteiger partial charge in [0.05, 0.1) is 18.3 Å². The lowest BCUT2D eigenvalue weighted by atomic mass is 10.2. The van der Waals surface area contributed by atoms with Crippen LogP contribution < -0.4 is 9.47 Å². The van der Waals surface area contributed by atoms with Crippen LogP contribution in [-0.2, 0) is 6.61 Å². The quantitative estimate of drug-likeness (QED) is 0.899. The van der Waals surface area contributed by atoms with Crippen molar-refractivity contribution in [3.8, 4) is 11.5 Å². The number of carbonyl (C=O) groups is 1. The molecule has 1 heterocycles. The van der Waals surface area contributed by atoms with E-state index in [1.165, 1.54) is 24.5 Å². The molecule has 0 radical (unpaired) electrons. The van der Waals surface area contributed by atoms with Gasteiger partial charge in [0, 0.05) is 5.38 Å². The summed E-state index contributed by atoms with van der Waals surface area (Å²) in [4.78, 5) is 15.2. The summed E-state index contributed by atoms with van der Waals surface area (Å²) in [5, 5.41) is 10.9. The van der Waals surface area contributed by atoms with Crippen molar-refractivity contribution in [2.24, 2.45) is 0 Å². The molecular formula is C12H11NO4S. The van der Waals surface area contributed by atoms with Crippen LogP contribution in [-0.4, -0.2) is 23.2 Å². The number of carboxylic acid groups (broad SMARTS) is 1. The van der Waals surface area contributed by atoms with Crippen LogP contribution >= 0.6 is 11.3 Å². The van der Waals surface area contributed by atoms with E-state index in [1.807, 2.05) is 5.38 Å². The summed E-state index contributed by atoms with van der Waals surface area (Å²) >= 11 is 1.46. The molecule has 0 saturated heterocycles. The van der Waals surface area contributed by atoms with E-state index in [1.54, 1.807) is 17.6 Å². The molecule has 0 bridgehead atoms. The van der Waals surface area contributed by atoms with Gasteiger partial charge in [-0.25, -0.2) is 9.78 Å². The molecule has 0 aliphatic rings. The molecule has 0 fully saturated rings. The lowest BCUT2D eigenvalue weighted by molar-refractivity contribution is 0.0690. The zero-order valence-electron chi connectivity index (χ0n) is 9.62. The van der Waals surface area contributed by atoms with Crippen molar-refractivity contribution in [1.29, 1.82) is 0 Å². The van der Waals surface area contributed by atoms with Gasteiger partial charge in [0.2, 0.25) is 0 Å². The van der Waals surface area contributed by atoms with Crippen LogP contribution in [0.25, 0.3) is 0 Å². The predicted octanol–water partition coefficient (Wildman–Crippen LogP) is 2.43. The SMILES string of the molecule is COc1cccc(C(=O)O)c1OCc1cscn1. The Labute approximate surface area is 108 Å². The van der Waals surface area contributed by atoms with Gasteiger partial charge < -0.3 is 14.6 Å². The molecule has 0 atom stereocenters. The maximum absolute atomic E-state index is 11.1. The van der Waals surface area contributed by atoms with Crippen molar-refractivity contribution in [2.45, 2.75) is 6.61 Å². The molecule has 5 nitrogen and oxygen atoms in total. The third-order valence-electron chi connectivity index (χ3n) is 2.28. The van der Waals surface area contributed by atoms with E-state index in [4.69, 9.17) is 14.6 Å². The Morgan fingerprint density at radius 3 is 2.94 bits per heavy atom. The first-order chi connectivity index (χ1) is 8.72. The minimum atomic E-state index is -1.05. The molecule has 94 valence electrons. The summed E-state index contributed by atoms with van der Waals surface area (Å²) in [7, 11) is 1.47. The van der Waals surface area contributed by atoms with Gasteiger partial charge >= 0.3 is 5.97 Å². The first-order valence-corrected chi connectivity index (χ1v) is 6.07. The van der Waals surface area contributed by atoms with Crippen molar-refractivity contribution < 1.29 is 19.4 Å². The topological polar surface area (TPSA) is 68.7 Å². The number of rotatable bonds is 5. The average Bonchev–Trinajstić information content (AvgIpc) is 2.88. The second kappa shape index (κ2) is 5.50. The van der Waals surface area contributed by atoms with Crippen molar-refractivity contribution in [3.05, 3.63) is 40.3 Å². The molecule has 2 rings (SSSR count). The zero-order chi connectivity index (χ0) is 13.0. The van der Waals surface area contributed by atoms with E-state index in [0.717, 1.165) is 5.69 Å². The van der Waals surface area contributed by atoms with E-state index >= 15 is 0 Å². The molecule has 1 aromatic heterocycles. The van der Waals surface area contributed by atoms with Gasteiger partial charge in [-0.05, 0) is 12.1 Å². The number of para-hydroxylation sites is 1. The van der Waals surface area contributed by atoms with Crippen LogP contribution in [0.3, 0.4) is 0 Å². The van der Waals surface area contributed by atoms with E-state index in [-0.39, 0.29) is 17.9 Å². The number of ether oxygens (including phenoxy) is 2. The molecule has 6 heteroatoms. The number of benzene rings is 1. The fourth-order valence-corrected chi connectivity index (χ4v) is 1.99. The van der Waals surface area contributed by atoms with Crippen molar-refractivity contribution in [1.82, 2.24) is 4.98 Å². The lowest BCUT2D eigenvalue weighted by Gasteiger charge is -2.12. The zero-order valence-corrected chi connectivity index (χ0v) is 10.4. The van der Waals surface area contributed by atoms with Gasteiger partial charge in [-0.1, -0.05) is 6.07 Å². The first-order valence-electron chi connectivity index (χ1n) is 5.12. The minimum absolute atomic E-state index is 0.0737. The maximum Gasteiger partial charge on any atom is 0.339 e. The fourth-order valence-electron chi connectivity index (χ4n) is 1.45. The molecule has 0 amide bonds. The fraction of sp³-hybridized carbons (Fsp3) is 0.167. The molecule has 0 aliphatic carbocycles. The monoisotopic (exact) mass is 265 g/mol. The Hall–Kier alpha value is -2.08. The van der Waals surface area contributed by atoms with Crippen molar-refractivity contribution in [2.75, 3.05) is 7.11 Å². The maximum atomic E-state index is 11.1. The Morgan fingerprint density at radius 1 is 1.50 bits per heavy atom. The Bertz CT molecular complexity index is 539. The highest BCUT2D eigenvalue weighted by atomic mass is 32.1. The largest absolute Gasteiger partial charge is 0.493 e. The third-order valence-corrected chi connectivity index (χ3v) is 2.91. The van der Waals surface area contributed by atoms with Crippen molar-refractivity contribution in [3.63, 3.8) is 0 Å². The van der Waals surface area contributed by atoms with Crippen LogP contribution in [0.1, 0.15) is 16.1 Å². The van der Waals surface area contributed by atoms with Crippen LogP contribution in [0, 0.1) is 0 Å². The highest BCUT2D eigenvalue weighted by Crippen LogP contribution is 2.31. The van der Waals surface area contributed by atoms with E-state index in [0.29, 0.717) is 5.75 Å². The van der Waals surface area contributed by atoms with Crippen LogP contribution in [0.15, 0.2) is 29.1 Å². The first kappa shape index (κ1) is 12.4.